The number of hydrogen-bond acceptors (Lipinski definition) is 5. The Hall–Kier alpha value is -3.58. The van der Waals surface area contributed by atoms with Crippen LogP contribution in [0.2, 0.25) is 0 Å². The molecule has 4 rings (SSSR count). The van der Waals surface area contributed by atoms with Crippen LogP contribution in [0.15, 0.2) is 72.1 Å². The van der Waals surface area contributed by atoms with Gasteiger partial charge in [-0.05, 0) is 42.5 Å². The van der Waals surface area contributed by atoms with Crippen molar-refractivity contribution in [3.63, 3.8) is 0 Å². The molecule has 1 aromatic heterocycles. The van der Waals surface area contributed by atoms with Crippen molar-refractivity contribution in [1.29, 1.82) is 0 Å². The Balaban J connectivity index is 1.44. The number of carbonyl (C=O) groups excluding carboxylic acids is 1. The molecule has 154 valence electrons. The fourth-order valence-electron chi connectivity index (χ4n) is 3.36. The van der Waals surface area contributed by atoms with Crippen molar-refractivity contribution in [2.45, 2.75) is 0 Å². The summed E-state index contributed by atoms with van der Waals surface area (Å²) in [6, 6.07) is 17.2. The molecule has 1 aliphatic rings. The lowest BCUT2D eigenvalue weighted by molar-refractivity contribution is 0.0955. The maximum absolute atomic E-state index is 12.5. The first-order valence-electron chi connectivity index (χ1n) is 9.82. The van der Waals surface area contributed by atoms with Crippen molar-refractivity contribution >= 4 is 17.8 Å². The molecule has 2 heterocycles. The van der Waals surface area contributed by atoms with E-state index in [-0.39, 0.29) is 5.91 Å². The maximum atomic E-state index is 12.5. The first-order valence-corrected chi connectivity index (χ1v) is 9.82. The molecule has 1 N–H and O–H groups in total. The Labute approximate surface area is 175 Å². The van der Waals surface area contributed by atoms with Gasteiger partial charge in [-0.25, -0.2) is 5.43 Å². The zero-order valence-corrected chi connectivity index (χ0v) is 16.8. The topological polar surface area (TPSA) is 68.1 Å². The minimum absolute atomic E-state index is 0.274. The molecule has 1 aliphatic heterocycles. The van der Waals surface area contributed by atoms with Crippen LogP contribution in [0.5, 0.6) is 5.75 Å². The highest BCUT2D eigenvalue weighted by Crippen LogP contribution is 2.25. The van der Waals surface area contributed by atoms with E-state index >= 15 is 0 Å². The Kier molecular flexibility index (Phi) is 6.10. The van der Waals surface area contributed by atoms with Crippen LogP contribution in [-0.4, -0.2) is 50.1 Å². The molecule has 0 bridgehead atoms. The number of hydrazone groups is 1. The van der Waals surface area contributed by atoms with Crippen molar-refractivity contribution in [2.75, 3.05) is 38.3 Å². The largest absolute Gasteiger partial charge is 0.496 e. The smallest absolute Gasteiger partial charge is 0.271 e. The molecular formula is C23H24N4O3. The number of methoxy groups -OCH3 is 1. The van der Waals surface area contributed by atoms with Crippen molar-refractivity contribution in [2.24, 2.45) is 5.10 Å². The summed E-state index contributed by atoms with van der Waals surface area (Å²) in [5.41, 5.74) is 5.91. The van der Waals surface area contributed by atoms with Crippen LogP contribution in [0.25, 0.3) is 5.69 Å². The van der Waals surface area contributed by atoms with Gasteiger partial charge in [-0.2, -0.15) is 5.10 Å². The number of morpholine rings is 1. The molecule has 0 atom stereocenters. The van der Waals surface area contributed by atoms with E-state index in [1.165, 1.54) is 0 Å². The first kappa shape index (κ1) is 19.7. The quantitative estimate of drug-likeness (QED) is 0.506. The average Bonchev–Trinajstić information content (AvgIpc) is 3.35. The van der Waals surface area contributed by atoms with E-state index in [9.17, 15) is 4.79 Å². The highest BCUT2D eigenvalue weighted by atomic mass is 16.5. The molecule has 7 heteroatoms. The number of benzene rings is 2. The third kappa shape index (κ3) is 4.52. The van der Waals surface area contributed by atoms with Gasteiger partial charge in [-0.15, -0.1) is 0 Å². The highest BCUT2D eigenvalue weighted by molar-refractivity contribution is 5.95. The highest BCUT2D eigenvalue weighted by Gasteiger charge is 2.13. The van der Waals surface area contributed by atoms with Crippen molar-refractivity contribution in [3.8, 4) is 11.4 Å². The average molecular weight is 404 g/mol. The number of anilines is 1. The second-order valence-electron chi connectivity index (χ2n) is 6.87. The molecular weight excluding hydrogens is 380 g/mol. The van der Waals surface area contributed by atoms with Gasteiger partial charge in [-0.3, -0.25) is 4.79 Å². The van der Waals surface area contributed by atoms with Crippen LogP contribution in [0.3, 0.4) is 0 Å². The van der Waals surface area contributed by atoms with Gasteiger partial charge in [0, 0.05) is 54.1 Å². The number of nitrogens with zero attached hydrogens (tertiary/aromatic N) is 3. The Bertz CT molecular complexity index is 1020. The third-order valence-corrected chi connectivity index (χ3v) is 4.97. The number of aromatic nitrogens is 1. The summed E-state index contributed by atoms with van der Waals surface area (Å²) < 4.78 is 12.9. The second kappa shape index (κ2) is 9.28. The molecule has 0 unspecified atom stereocenters. The number of hydrogen-bond donors (Lipinski definition) is 1. The van der Waals surface area contributed by atoms with Crippen LogP contribution < -0.4 is 15.1 Å². The van der Waals surface area contributed by atoms with E-state index < -0.39 is 0 Å². The fourth-order valence-corrected chi connectivity index (χ4v) is 3.36. The minimum atomic E-state index is -0.274. The van der Waals surface area contributed by atoms with E-state index in [1.54, 1.807) is 19.4 Å². The zero-order chi connectivity index (χ0) is 20.8. The Morgan fingerprint density at radius 3 is 2.63 bits per heavy atom. The van der Waals surface area contributed by atoms with E-state index in [0.717, 1.165) is 43.2 Å². The molecule has 0 aliphatic carbocycles. The van der Waals surface area contributed by atoms with E-state index in [1.807, 2.05) is 65.5 Å². The summed E-state index contributed by atoms with van der Waals surface area (Å²) in [5.74, 6) is 0.427. The SMILES string of the molecule is COc1cc(N2CCOCC2)ccc1/C=N/NC(=O)c1cccc(-n2cccc2)c1. The van der Waals surface area contributed by atoms with Crippen LogP contribution in [0.4, 0.5) is 5.69 Å². The van der Waals surface area contributed by atoms with Crippen molar-refractivity contribution in [1.82, 2.24) is 9.99 Å². The van der Waals surface area contributed by atoms with Gasteiger partial charge in [0.25, 0.3) is 5.91 Å². The molecule has 3 aromatic rings. The van der Waals surface area contributed by atoms with Crippen LogP contribution in [0, 0.1) is 0 Å². The zero-order valence-electron chi connectivity index (χ0n) is 16.8. The minimum Gasteiger partial charge on any atom is -0.496 e. The van der Waals surface area contributed by atoms with E-state index in [0.29, 0.717) is 11.3 Å². The Morgan fingerprint density at radius 2 is 1.87 bits per heavy atom. The summed E-state index contributed by atoms with van der Waals surface area (Å²) in [7, 11) is 1.63. The summed E-state index contributed by atoms with van der Waals surface area (Å²) in [6.07, 6.45) is 5.46. The molecule has 30 heavy (non-hydrogen) atoms. The number of ether oxygens (including phenoxy) is 2. The van der Waals surface area contributed by atoms with Crippen LogP contribution in [-0.2, 0) is 4.74 Å². The lowest BCUT2D eigenvalue weighted by Gasteiger charge is -2.29. The molecule has 0 spiro atoms. The third-order valence-electron chi connectivity index (χ3n) is 4.97. The molecule has 1 amide bonds. The fraction of sp³-hybridized carbons (Fsp3) is 0.217. The van der Waals surface area contributed by atoms with Crippen molar-refractivity contribution in [3.05, 3.63) is 78.1 Å². The molecule has 0 radical (unpaired) electrons. The maximum Gasteiger partial charge on any atom is 0.271 e. The molecule has 7 nitrogen and oxygen atoms in total. The van der Waals surface area contributed by atoms with Gasteiger partial charge >= 0.3 is 0 Å². The molecule has 0 saturated carbocycles. The van der Waals surface area contributed by atoms with Gasteiger partial charge in [0.2, 0.25) is 0 Å². The lowest BCUT2D eigenvalue weighted by Crippen LogP contribution is -2.36. The number of amides is 1. The first-order chi connectivity index (χ1) is 14.7. The van der Waals surface area contributed by atoms with Crippen LogP contribution >= 0.6 is 0 Å². The number of nitrogens with one attached hydrogen (secondary N) is 1. The monoisotopic (exact) mass is 404 g/mol. The number of rotatable bonds is 6. The Morgan fingerprint density at radius 1 is 1.07 bits per heavy atom. The summed E-state index contributed by atoms with van der Waals surface area (Å²) in [6.45, 7) is 3.16. The van der Waals surface area contributed by atoms with Crippen molar-refractivity contribution < 1.29 is 14.3 Å². The summed E-state index contributed by atoms with van der Waals surface area (Å²) in [4.78, 5) is 14.7. The van der Waals surface area contributed by atoms with E-state index in [2.05, 4.69) is 15.4 Å². The lowest BCUT2D eigenvalue weighted by atomic mass is 10.1. The van der Waals surface area contributed by atoms with E-state index in [4.69, 9.17) is 9.47 Å². The van der Waals surface area contributed by atoms with Gasteiger partial charge < -0.3 is 18.9 Å². The summed E-state index contributed by atoms with van der Waals surface area (Å²) in [5, 5.41) is 4.12. The predicted octanol–water partition coefficient (Wildman–Crippen LogP) is 3.09. The van der Waals surface area contributed by atoms with Gasteiger partial charge in [-0.1, -0.05) is 6.07 Å². The molecule has 1 saturated heterocycles. The van der Waals surface area contributed by atoms with Gasteiger partial charge in [0.1, 0.15) is 5.75 Å². The molecule has 2 aromatic carbocycles. The summed E-state index contributed by atoms with van der Waals surface area (Å²) >= 11 is 0. The van der Waals surface area contributed by atoms with Gasteiger partial charge in [0.15, 0.2) is 0 Å². The van der Waals surface area contributed by atoms with Crippen LogP contribution in [0.1, 0.15) is 15.9 Å². The molecule has 1 fully saturated rings. The number of carbonyl (C=O) groups is 1. The van der Waals surface area contributed by atoms with Gasteiger partial charge in [0.05, 0.1) is 26.5 Å². The second-order valence-corrected chi connectivity index (χ2v) is 6.87. The normalized spacial score (nSPS) is 14.1. The predicted molar refractivity (Wildman–Crippen MR) is 117 cm³/mol. The standard InChI is InChI=1S/C23H24N4O3/c1-29-22-16-21(27-11-13-30-14-12-27)8-7-19(22)17-24-25-23(28)18-5-4-6-20(15-18)26-9-2-3-10-26/h2-10,15-17H,11-14H2,1H3,(H,25,28)/b24-17+.